The van der Waals surface area contributed by atoms with Crippen molar-refractivity contribution < 1.29 is 14.3 Å². The average molecular weight is 415 g/mol. The zero-order valence-corrected chi connectivity index (χ0v) is 18.0. The first-order valence-corrected chi connectivity index (χ1v) is 11.5. The first-order valence-electron chi connectivity index (χ1n) is 10.7. The van der Waals surface area contributed by atoms with E-state index in [2.05, 4.69) is 17.0 Å². The SMILES string of the molecule is CCOc1cc(-c2ccccc2)sc1C(=O)N1CCCC(CN2CCOCC2)C1. The normalized spacial score (nSPS) is 20.6. The van der Waals surface area contributed by atoms with Gasteiger partial charge in [-0.1, -0.05) is 30.3 Å². The minimum atomic E-state index is 0.118. The van der Waals surface area contributed by atoms with E-state index in [4.69, 9.17) is 9.47 Å². The van der Waals surface area contributed by atoms with Crippen molar-refractivity contribution in [2.75, 3.05) is 52.5 Å². The Bertz CT molecular complexity index is 802. The highest BCUT2D eigenvalue weighted by molar-refractivity contribution is 7.17. The minimum absolute atomic E-state index is 0.118. The Morgan fingerprint density at radius 3 is 2.76 bits per heavy atom. The van der Waals surface area contributed by atoms with Gasteiger partial charge in [0.1, 0.15) is 10.6 Å². The van der Waals surface area contributed by atoms with Crippen molar-refractivity contribution in [1.29, 1.82) is 0 Å². The number of nitrogens with zero attached hydrogens (tertiary/aromatic N) is 2. The number of hydrogen-bond acceptors (Lipinski definition) is 5. The van der Waals surface area contributed by atoms with E-state index in [1.54, 1.807) is 11.3 Å². The quantitative estimate of drug-likeness (QED) is 0.717. The Morgan fingerprint density at radius 1 is 1.21 bits per heavy atom. The third kappa shape index (κ3) is 5.00. The molecule has 1 unspecified atom stereocenters. The van der Waals surface area contributed by atoms with Gasteiger partial charge < -0.3 is 14.4 Å². The van der Waals surface area contributed by atoms with Crippen LogP contribution in [-0.2, 0) is 4.74 Å². The van der Waals surface area contributed by atoms with E-state index in [9.17, 15) is 4.79 Å². The number of amides is 1. The van der Waals surface area contributed by atoms with Crippen LogP contribution in [0.1, 0.15) is 29.4 Å². The third-order valence-corrected chi connectivity index (χ3v) is 6.83. The van der Waals surface area contributed by atoms with E-state index in [-0.39, 0.29) is 5.91 Å². The van der Waals surface area contributed by atoms with Crippen LogP contribution in [0.2, 0.25) is 0 Å². The van der Waals surface area contributed by atoms with Gasteiger partial charge in [-0.05, 0) is 37.3 Å². The molecule has 0 bridgehead atoms. The number of carbonyl (C=O) groups excluding carboxylic acids is 1. The van der Waals surface area contributed by atoms with Gasteiger partial charge in [0.15, 0.2) is 0 Å². The first kappa shape index (κ1) is 20.4. The van der Waals surface area contributed by atoms with Crippen molar-refractivity contribution in [3.63, 3.8) is 0 Å². The number of piperidine rings is 1. The highest BCUT2D eigenvalue weighted by atomic mass is 32.1. The summed E-state index contributed by atoms with van der Waals surface area (Å²) in [6, 6.07) is 12.2. The van der Waals surface area contributed by atoms with E-state index in [0.29, 0.717) is 12.5 Å². The molecule has 0 spiro atoms. The molecule has 1 amide bonds. The lowest BCUT2D eigenvalue weighted by atomic mass is 9.97. The molecule has 6 heteroatoms. The lowest BCUT2D eigenvalue weighted by Crippen LogP contribution is -2.46. The summed E-state index contributed by atoms with van der Waals surface area (Å²) in [6.07, 6.45) is 2.26. The van der Waals surface area contributed by atoms with Crippen LogP contribution >= 0.6 is 11.3 Å². The molecule has 29 heavy (non-hydrogen) atoms. The van der Waals surface area contributed by atoms with Gasteiger partial charge in [-0.15, -0.1) is 11.3 Å². The van der Waals surface area contributed by atoms with Crippen LogP contribution in [-0.4, -0.2) is 68.3 Å². The second kappa shape index (κ2) is 9.74. The molecule has 3 heterocycles. The summed E-state index contributed by atoms with van der Waals surface area (Å²) in [5.41, 5.74) is 1.13. The molecule has 5 nitrogen and oxygen atoms in total. The molecule has 0 saturated carbocycles. The van der Waals surface area contributed by atoms with Crippen LogP contribution in [0.15, 0.2) is 36.4 Å². The molecule has 4 rings (SSSR count). The Kier molecular flexibility index (Phi) is 6.85. The van der Waals surface area contributed by atoms with Gasteiger partial charge in [-0.3, -0.25) is 9.69 Å². The summed E-state index contributed by atoms with van der Waals surface area (Å²) in [7, 11) is 0. The number of ether oxygens (including phenoxy) is 2. The minimum Gasteiger partial charge on any atom is -0.492 e. The van der Waals surface area contributed by atoms with E-state index < -0.39 is 0 Å². The molecule has 1 atom stereocenters. The molecule has 2 aliphatic heterocycles. The topological polar surface area (TPSA) is 42.0 Å². The summed E-state index contributed by atoms with van der Waals surface area (Å²) in [5, 5.41) is 0. The number of benzene rings is 1. The predicted molar refractivity (Wildman–Crippen MR) is 117 cm³/mol. The highest BCUT2D eigenvalue weighted by Crippen LogP contribution is 2.37. The maximum absolute atomic E-state index is 13.4. The zero-order chi connectivity index (χ0) is 20.1. The van der Waals surface area contributed by atoms with Gasteiger partial charge in [0.05, 0.1) is 19.8 Å². The fraction of sp³-hybridized carbons (Fsp3) is 0.522. The molecular weight excluding hydrogens is 384 g/mol. The number of carbonyl (C=O) groups is 1. The molecule has 2 aliphatic rings. The molecule has 2 fully saturated rings. The fourth-order valence-corrected chi connectivity index (χ4v) is 5.30. The van der Waals surface area contributed by atoms with E-state index in [1.165, 1.54) is 6.42 Å². The van der Waals surface area contributed by atoms with Crippen molar-refractivity contribution >= 4 is 17.2 Å². The van der Waals surface area contributed by atoms with Crippen molar-refractivity contribution in [3.05, 3.63) is 41.3 Å². The zero-order valence-electron chi connectivity index (χ0n) is 17.1. The Morgan fingerprint density at radius 2 is 2.00 bits per heavy atom. The van der Waals surface area contributed by atoms with Crippen LogP contribution in [0.3, 0.4) is 0 Å². The summed E-state index contributed by atoms with van der Waals surface area (Å²) in [4.78, 5) is 19.7. The van der Waals surface area contributed by atoms with Gasteiger partial charge >= 0.3 is 0 Å². The Hall–Kier alpha value is -1.89. The molecule has 1 aromatic carbocycles. The molecule has 0 aliphatic carbocycles. The number of thiophene rings is 1. The van der Waals surface area contributed by atoms with Crippen LogP contribution in [0, 0.1) is 5.92 Å². The summed E-state index contributed by atoms with van der Waals surface area (Å²) >= 11 is 1.55. The van der Waals surface area contributed by atoms with Gasteiger partial charge in [-0.2, -0.15) is 0 Å². The van der Waals surface area contributed by atoms with Gasteiger partial charge in [0.25, 0.3) is 5.91 Å². The smallest absolute Gasteiger partial charge is 0.267 e. The highest BCUT2D eigenvalue weighted by Gasteiger charge is 2.29. The van der Waals surface area contributed by atoms with Crippen molar-refractivity contribution in [3.8, 4) is 16.2 Å². The van der Waals surface area contributed by atoms with Gasteiger partial charge in [0.2, 0.25) is 0 Å². The van der Waals surface area contributed by atoms with E-state index in [0.717, 1.165) is 73.4 Å². The summed E-state index contributed by atoms with van der Waals surface area (Å²) in [5.74, 6) is 1.37. The Balaban J connectivity index is 1.48. The number of morpholine rings is 1. The molecule has 156 valence electrons. The van der Waals surface area contributed by atoms with Crippen molar-refractivity contribution in [1.82, 2.24) is 9.80 Å². The Labute approximate surface area is 177 Å². The average Bonchev–Trinajstić information content (AvgIpc) is 3.19. The lowest BCUT2D eigenvalue weighted by molar-refractivity contribution is 0.0224. The van der Waals surface area contributed by atoms with Crippen molar-refractivity contribution in [2.24, 2.45) is 5.92 Å². The van der Waals surface area contributed by atoms with Gasteiger partial charge in [0, 0.05) is 37.6 Å². The summed E-state index contributed by atoms with van der Waals surface area (Å²) < 4.78 is 11.3. The van der Waals surface area contributed by atoms with E-state index >= 15 is 0 Å². The maximum Gasteiger partial charge on any atom is 0.267 e. The number of hydrogen-bond donors (Lipinski definition) is 0. The summed E-state index contributed by atoms with van der Waals surface area (Å²) in [6.45, 7) is 8.91. The van der Waals surface area contributed by atoms with Crippen LogP contribution in [0.5, 0.6) is 5.75 Å². The second-order valence-corrected chi connectivity index (χ2v) is 8.83. The first-order chi connectivity index (χ1) is 14.2. The maximum atomic E-state index is 13.4. The van der Waals surface area contributed by atoms with E-state index in [1.807, 2.05) is 36.1 Å². The van der Waals surface area contributed by atoms with Crippen LogP contribution in [0.4, 0.5) is 0 Å². The predicted octanol–water partition coefficient (Wildman–Crippen LogP) is 4.00. The standard InChI is InChI=1S/C23H30N2O3S/c1-2-28-20-15-21(19-8-4-3-5-9-19)29-22(20)23(26)25-10-6-7-18(17-25)16-24-11-13-27-14-12-24/h3-5,8-9,15,18H,2,6-7,10-14,16-17H2,1H3. The second-order valence-electron chi connectivity index (χ2n) is 7.78. The molecule has 0 N–H and O–H groups in total. The van der Waals surface area contributed by atoms with Crippen LogP contribution in [0.25, 0.3) is 10.4 Å². The fourth-order valence-electron chi connectivity index (χ4n) is 4.22. The molecule has 1 aromatic heterocycles. The third-order valence-electron chi connectivity index (χ3n) is 5.68. The largest absolute Gasteiger partial charge is 0.492 e. The molecule has 0 radical (unpaired) electrons. The number of likely N-dealkylation sites (tertiary alicyclic amines) is 1. The lowest BCUT2D eigenvalue weighted by Gasteiger charge is -2.36. The molecule has 2 aromatic rings. The number of rotatable bonds is 6. The van der Waals surface area contributed by atoms with Gasteiger partial charge in [-0.25, -0.2) is 0 Å². The van der Waals surface area contributed by atoms with Crippen molar-refractivity contribution in [2.45, 2.75) is 19.8 Å². The van der Waals surface area contributed by atoms with Crippen LogP contribution < -0.4 is 4.74 Å². The molecular formula is C23H30N2O3S. The monoisotopic (exact) mass is 414 g/mol. The molecule has 2 saturated heterocycles.